The third-order valence-electron chi connectivity index (χ3n) is 5.01. The smallest absolute Gasteiger partial charge is 0.177 e. The van der Waals surface area contributed by atoms with Gasteiger partial charge in [0.05, 0.1) is 28.5 Å². The number of aromatic nitrogens is 5. The first-order valence-electron chi connectivity index (χ1n) is 9.69. The molecule has 156 valence electrons. The molecule has 8 nitrogen and oxygen atoms in total. The average Bonchev–Trinajstić information content (AvgIpc) is 3.32. The summed E-state index contributed by atoms with van der Waals surface area (Å²) in [5.74, 6) is 0.390. The molecule has 11 heteroatoms. The van der Waals surface area contributed by atoms with Gasteiger partial charge in [0.2, 0.25) is 0 Å². The Bertz CT molecular complexity index is 1190. The number of thiazole rings is 1. The lowest BCUT2D eigenvalue weighted by Gasteiger charge is -2.26. The number of rotatable bonds is 6. The summed E-state index contributed by atoms with van der Waals surface area (Å²) in [5, 5.41) is 1.53. The molecule has 4 heterocycles. The molecule has 0 spiro atoms. The molecule has 1 saturated heterocycles. The zero-order valence-corrected chi connectivity index (χ0v) is 18.5. The van der Waals surface area contributed by atoms with E-state index in [-0.39, 0.29) is 0 Å². The third kappa shape index (κ3) is 3.97. The molecular weight excluding hydrogens is 442 g/mol. The predicted molar refractivity (Wildman–Crippen MR) is 120 cm³/mol. The van der Waals surface area contributed by atoms with E-state index in [1.54, 1.807) is 11.3 Å². The summed E-state index contributed by atoms with van der Waals surface area (Å²) in [6.07, 6.45) is 2.47. The van der Waals surface area contributed by atoms with Crippen LogP contribution in [0.3, 0.4) is 0 Å². The lowest BCUT2D eigenvalue weighted by Crippen LogP contribution is -2.37. The number of ether oxygens (including phenoxy) is 1. The van der Waals surface area contributed by atoms with Gasteiger partial charge < -0.3 is 15.0 Å². The first kappa shape index (κ1) is 20.0. The molecule has 1 aliphatic heterocycles. The maximum absolute atomic E-state index is 6.32. The number of fused-ring (bicyclic) bond motifs is 2. The van der Waals surface area contributed by atoms with E-state index in [0.717, 1.165) is 71.2 Å². The summed E-state index contributed by atoms with van der Waals surface area (Å²) in [7, 11) is 0. The van der Waals surface area contributed by atoms with E-state index in [2.05, 4.69) is 19.4 Å². The van der Waals surface area contributed by atoms with Crippen molar-refractivity contribution in [3.8, 4) is 0 Å². The number of imidazole rings is 1. The van der Waals surface area contributed by atoms with E-state index in [1.165, 1.54) is 18.1 Å². The molecule has 0 aliphatic carbocycles. The van der Waals surface area contributed by atoms with Crippen molar-refractivity contribution < 1.29 is 4.74 Å². The van der Waals surface area contributed by atoms with Crippen LogP contribution in [0.2, 0.25) is 5.02 Å². The van der Waals surface area contributed by atoms with Gasteiger partial charge in [-0.2, -0.15) is 0 Å². The number of halogens is 1. The molecule has 5 rings (SSSR count). The second kappa shape index (κ2) is 8.64. The molecule has 0 amide bonds. The minimum absolute atomic E-state index is 0.390. The molecule has 0 bridgehead atoms. The summed E-state index contributed by atoms with van der Waals surface area (Å²) >= 11 is 9.40. The van der Waals surface area contributed by atoms with Crippen molar-refractivity contribution in [3.05, 3.63) is 29.5 Å². The van der Waals surface area contributed by atoms with Gasteiger partial charge in [0, 0.05) is 26.2 Å². The Hall–Kier alpha value is -1.98. The van der Waals surface area contributed by atoms with Gasteiger partial charge in [-0.1, -0.05) is 17.7 Å². The molecular formula is C19H20ClN7OS2. The molecule has 0 unspecified atom stereocenters. The Morgan fingerprint density at radius 2 is 2.03 bits per heavy atom. The molecule has 1 aliphatic rings. The van der Waals surface area contributed by atoms with Gasteiger partial charge in [-0.25, -0.2) is 19.9 Å². The van der Waals surface area contributed by atoms with Crippen LogP contribution in [0.5, 0.6) is 0 Å². The first-order chi connectivity index (χ1) is 14.7. The first-order valence-corrected chi connectivity index (χ1v) is 11.7. The molecule has 0 radical (unpaired) electrons. The molecule has 2 N–H and O–H groups in total. The van der Waals surface area contributed by atoms with Gasteiger partial charge in [-0.3, -0.25) is 4.90 Å². The van der Waals surface area contributed by atoms with Gasteiger partial charge in [0.15, 0.2) is 26.5 Å². The van der Waals surface area contributed by atoms with Crippen molar-refractivity contribution in [1.82, 2.24) is 29.4 Å². The summed E-state index contributed by atoms with van der Waals surface area (Å²) < 4.78 is 9.42. The molecule has 0 atom stereocenters. The van der Waals surface area contributed by atoms with Crippen LogP contribution < -0.4 is 5.73 Å². The Labute approximate surface area is 186 Å². The standard InChI is InChI=1S/C19H20ClN7OS2/c20-12-3-1-4-13-15(12)29-19(24-13)30-18-25-14-16(21)22-11-23-17(14)27(18)6-2-5-26-7-9-28-10-8-26/h1,3-4,11H,2,5-10H2,(H2,21,22,23). The van der Waals surface area contributed by atoms with Crippen molar-refractivity contribution in [3.63, 3.8) is 0 Å². The van der Waals surface area contributed by atoms with Crippen LogP contribution in [0.4, 0.5) is 5.82 Å². The van der Waals surface area contributed by atoms with Gasteiger partial charge in [-0.15, -0.1) is 11.3 Å². The maximum Gasteiger partial charge on any atom is 0.177 e. The number of aryl methyl sites for hydroxylation is 1. The van der Waals surface area contributed by atoms with Crippen LogP contribution in [-0.4, -0.2) is 62.3 Å². The van der Waals surface area contributed by atoms with Crippen molar-refractivity contribution in [1.29, 1.82) is 0 Å². The quantitative estimate of drug-likeness (QED) is 0.465. The number of benzene rings is 1. The minimum Gasteiger partial charge on any atom is -0.382 e. The zero-order valence-electron chi connectivity index (χ0n) is 16.1. The van der Waals surface area contributed by atoms with Crippen LogP contribution in [0.1, 0.15) is 6.42 Å². The summed E-state index contributed by atoms with van der Waals surface area (Å²) in [6.45, 7) is 5.36. The molecule has 30 heavy (non-hydrogen) atoms. The lowest BCUT2D eigenvalue weighted by molar-refractivity contribution is 0.0369. The SMILES string of the molecule is Nc1ncnc2c1nc(Sc1nc3cccc(Cl)c3s1)n2CCCN1CCOCC1. The highest BCUT2D eigenvalue weighted by molar-refractivity contribution is 8.01. The highest BCUT2D eigenvalue weighted by Crippen LogP contribution is 2.38. The Kier molecular flexibility index (Phi) is 5.74. The molecule has 4 aromatic rings. The predicted octanol–water partition coefficient (Wildman–Crippen LogP) is 3.55. The van der Waals surface area contributed by atoms with E-state index in [9.17, 15) is 0 Å². The second-order valence-corrected chi connectivity index (χ2v) is 9.58. The third-order valence-corrected chi connectivity index (χ3v) is 7.60. The molecule has 1 aromatic carbocycles. The van der Waals surface area contributed by atoms with Crippen molar-refractivity contribution in [2.45, 2.75) is 22.5 Å². The van der Waals surface area contributed by atoms with Crippen LogP contribution >= 0.6 is 34.7 Å². The zero-order chi connectivity index (χ0) is 20.5. The van der Waals surface area contributed by atoms with Crippen LogP contribution in [0.15, 0.2) is 34.0 Å². The van der Waals surface area contributed by atoms with E-state index >= 15 is 0 Å². The highest BCUT2D eigenvalue weighted by atomic mass is 35.5. The van der Waals surface area contributed by atoms with Gasteiger partial charge in [0.25, 0.3) is 0 Å². The summed E-state index contributed by atoms with van der Waals surface area (Å²) in [4.78, 5) is 20.4. The number of morpholine rings is 1. The van der Waals surface area contributed by atoms with Gasteiger partial charge in [-0.05, 0) is 30.3 Å². The van der Waals surface area contributed by atoms with Gasteiger partial charge >= 0.3 is 0 Å². The Morgan fingerprint density at radius 1 is 1.17 bits per heavy atom. The molecule has 3 aromatic heterocycles. The highest BCUT2D eigenvalue weighted by Gasteiger charge is 2.18. The number of anilines is 1. The van der Waals surface area contributed by atoms with Gasteiger partial charge in [0.1, 0.15) is 6.33 Å². The molecule has 0 saturated carbocycles. The van der Waals surface area contributed by atoms with E-state index < -0.39 is 0 Å². The fraction of sp³-hybridized carbons (Fsp3) is 0.368. The minimum atomic E-state index is 0.390. The Morgan fingerprint density at radius 3 is 2.87 bits per heavy atom. The average molecular weight is 462 g/mol. The van der Waals surface area contributed by atoms with Crippen LogP contribution in [-0.2, 0) is 11.3 Å². The van der Waals surface area contributed by atoms with Crippen molar-refractivity contribution in [2.24, 2.45) is 0 Å². The van der Waals surface area contributed by atoms with Crippen LogP contribution in [0, 0.1) is 0 Å². The summed E-state index contributed by atoms with van der Waals surface area (Å²) in [6, 6.07) is 5.76. The largest absolute Gasteiger partial charge is 0.382 e. The number of nitrogens with zero attached hydrogens (tertiary/aromatic N) is 6. The topological polar surface area (TPSA) is 95.0 Å². The number of hydrogen-bond acceptors (Lipinski definition) is 9. The fourth-order valence-electron chi connectivity index (χ4n) is 3.51. The lowest BCUT2D eigenvalue weighted by atomic mass is 10.3. The number of hydrogen-bond donors (Lipinski definition) is 1. The van der Waals surface area contributed by atoms with Crippen LogP contribution in [0.25, 0.3) is 21.4 Å². The van der Waals surface area contributed by atoms with E-state index in [4.69, 9.17) is 32.0 Å². The molecule has 1 fully saturated rings. The van der Waals surface area contributed by atoms with E-state index in [1.807, 2.05) is 18.2 Å². The fourth-order valence-corrected chi connectivity index (χ4v) is 5.86. The van der Waals surface area contributed by atoms with Crippen molar-refractivity contribution in [2.75, 3.05) is 38.6 Å². The maximum atomic E-state index is 6.32. The van der Waals surface area contributed by atoms with Crippen molar-refractivity contribution >= 4 is 61.9 Å². The normalized spacial score (nSPS) is 15.4. The monoisotopic (exact) mass is 461 g/mol. The Balaban J connectivity index is 1.43. The van der Waals surface area contributed by atoms with E-state index in [0.29, 0.717) is 16.4 Å². The number of nitrogen functional groups attached to an aromatic ring is 1. The summed E-state index contributed by atoms with van der Waals surface area (Å²) in [5.41, 5.74) is 8.35. The number of nitrogens with two attached hydrogens (primary N) is 1. The second-order valence-electron chi connectivity index (χ2n) is 6.95.